The summed E-state index contributed by atoms with van der Waals surface area (Å²) in [6.07, 6.45) is -0.277. The Kier molecular flexibility index (Phi) is 4.75. The van der Waals surface area contributed by atoms with E-state index in [0.717, 1.165) is 11.3 Å². The largest absolute Gasteiger partial charge is 0.508 e. The molecule has 6 heteroatoms. The molecule has 0 saturated heterocycles. The standard InChI is InChI=1S/C20H19NO5/c1-12(26-20(25)16-4-3-5-17(23)11-16)19(24)15-6-7-18-14(10-15)8-9-21(18)13(2)22/h3-7,10-12,23H,8-9H2,1-2H3/t12-/m0/s1. The Bertz CT molecular complexity index is 890. The highest BCUT2D eigenvalue weighted by molar-refractivity contribution is 6.02. The van der Waals surface area contributed by atoms with E-state index in [0.29, 0.717) is 18.5 Å². The lowest BCUT2D eigenvalue weighted by molar-refractivity contribution is -0.116. The zero-order valence-corrected chi connectivity index (χ0v) is 14.6. The van der Waals surface area contributed by atoms with Crippen molar-refractivity contribution < 1.29 is 24.2 Å². The first-order valence-corrected chi connectivity index (χ1v) is 8.32. The highest BCUT2D eigenvalue weighted by atomic mass is 16.5. The summed E-state index contributed by atoms with van der Waals surface area (Å²) in [5, 5.41) is 9.43. The number of hydrogen-bond acceptors (Lipinski definition) is 5. The molecule has 0 saturated carbocycles. The van der Waals surface area contributed by atoms with Gasteiger partial charge in [0.25, 0.3) is 0 Å². The molecule has 1 N–H and O–H groups in total. The van der Waals surface area contributed by atoms with E-state index in [1.807, 2.05) is 0 Å². The maximum Gasteiger partial charge on any atom is 0.338 e. The number of ether oxygens (including phenoxy) is 1. The molecule has 3 rings (SSSR count). The second-order valence-electron chi connectivity index (χ2n) is 6.23. The minimum Gasteiger partial charge on any atom is -0.508 e. The van der Waals surface area contributed by atoms with Crippen LogP contribution in [0.15, 0.2) is 42.5 Å². The van der Waals surface area contributed by atoms with Gasteiger partial charge in [0.15, 0.2) is 6.10 Å². The van der Waals surface area contributed by atoms with Crippen LogP contribution in [0.25, 0.3) is 0 Å². The first-order chi connectivity index (χ1) is 12.4. The van der Waals surface area contributed by atoms with Crippen molar-refractivity contribution in [2.45, 2.75) is 26.4 Å². The third-order valence-corrected chi connectivity index (χ3v) is 4.37. The molecule has 1 aliphatic rings. The Morgan fingerprint density at radius 3 is 2.58 bits per heavy atom. The van der Waals surface area contributed by atoms with Crippen LogP contribution in [-0.4, -0.2) is 35.4 Å². The average Bonchev–Trinajstić information content (AvgIpc) is 3.04. The Hall–Kier alpha value is -3.15. The molecule has 0 aromatic heterocycles. The van der Waals surface area contributed by atoms with Crippen LogP contribution in [0.3, 0.4) is 0 Å². The van der Waals surface area contributed by atoms with Gasteiger partial charge in [0.05, 0.1) is 5.56 Å². The zero-order valence-electron chi connectivity index (χ0n) is 14.6. The molecule has 1 atom stereocenters. The lowest BCUT2D eigenvalue weighted by atomic mass is 10.0. The van der Waals surface area contributed by atoms with Gasteiger partial charge in [-0.2, -0.15) is 0 Å². The smallest absolute Gasteiger partial charge is 0.338 e. The maximum atomic E-state index is 12.6. The van der Waals surface area contributed by atoms with Gasteiger partial charge in [0.1, 0.15) is 5.75 Å². The van der Waals surface area contributed by atoms with Crippen LogP contribution in [0.1, 0.15) is 40.1 Å². The second kappa shape index (κ2) is 7.00. The van der Waals surface area contributed by atoms with Crippen LogP contribution in [0.2, 0.25) is 0 Å². The van der Waals surface area contributed by atoms with Gasteiger partial charge in [0, 0.05) is 24.7 Å². The van der Waals surface area contributed by atoms with Crippen molar-refractivity contribution >= 4 is 23.3 Å². The van der Waals surface area contributed by atoms with Gasteiger partial charge in [-0.05, 0) is 55.3 Å². The SMILES string of the molecule is CC(=O)N1CCc2cc(C(=O)[C@H](C)OC(=O)c3cccc(O)c3)ccc21. The molecule has 6 nitrogen and oxygen atoms in total. The molecular weight excluding hydrogens is 334 g/mol. The number of anilines is 1. The normalized spacial score (nSPS) is 13.8. The molecular formula is C20H19NO5. The second-order valence-corrected chi connectivity index (χ2v) is 6.23. The van der Waals surface area contributed by atoms with Gasteiger partial charge in [-0.25, -0.2) is 4.79 Å². The fourth-order valence-corrected chi connectivity index (χ4v) is 3.03. The Morgan fingerprint density at radius 1 is 1.12 bits per heavy atom. The summed E-state index contributed by atoms with van der Waals surface area (Å²) in [7, 11) is 0. The van der Waals surface area contributed by atoms with Gasteiger partial charge in [-0.3, -0.25) is 9.59 Å². The van der Waals surface area contributed by atoms with Crippen LogP contribution in [0.4, 0.5) is 5.69 Å². The number of carbonyl (C=O) groups is 3. The summed E-state index contributed by atoms with van der Waals surface area (Å²) < 4.78 is 5.22. The number of hydrogen-bond donors (Lipinski definition) is 1. The summed E-state index contributed by atoms with van der Waals surface area (Å²) >= 11 is 0. The average molecular weight is 353 g/mol. The minimum absolute atomic E-state index is 0.0313. The summed E-state index contributed by atoms with van der Waals surface area (Å²) in [5.41, 5.74) is 2.36. The molecule has 1 amide bonds. The van der Waals surface area contributed by atoms with Crippen molar-refractivity contribution in [3.05, 3.63) is 59.2 Å². The van der Waals surface area contributed by atoms with Crippen LogP contribution in [-0.2, 0) is 16.0 Å². The number of esters is 1. The van der Waals surface area contributed by atoms with Crippen molar-refractivity contribution in [1.82, 2.24) is 0 Å². The molecule has 26 heavy (non-hydrogen) atoms. The van der Waals surface area contributed by atoms with Crippen molar-refractivity contribution in [3.63, 3.8) is 0 Å². The number of nitrogens with zero attached hydrogens (tertiary/aromatic N) is 1. The molecule has 2 aromatic carbocycles. The first-order valence-electron chi connectivity index (χ1n) is 8.32. The van der Waals surface area contributed by atoms with Crippen molar-refractivity contribution in [1.29, 1.82) is 0 Å². The molecule has 0 spiro atoms. The van der Waals surface area contributed by atoms with Crippen LogP contribution in [0.5, 0.6) is 5.75 Å². The number of rotatable bonds is 4. The van der Waals surface area contributed by atoms with E-state index in [1.54, 1.807) is 23.1 Å². The van der Waals surface area contributed by atoms with E-state index in [4.69, 9.17) is 4.74 Å². The van der Waals surface area contributed by atoms with Crippen molar-refractivity contribution in [2.75, 3.05) is 11.4 Å². The van der Waals surface area contributed by atoms with E-state index in [9.17, 15) is 19.5 Å². The summed E-state index contributed by atoms with van der Waals surface area (Å²) in [5.74, 6) is -1.07. The highest BCUT2D eigenvalue weighted by Crippen LogP contribution is 2.29. The summed E-state index contributed by atoms with van der Waals surface area (Å²) in [6.45, 7) is 3.62. The summed E-state index contributed by atoms with van der Waals surface area (Å²) in [4.78, 5) is 38.0. The fourth-order valence-electron chi connectivity index (χ4n) is 3.03. The number of phenolic OH excluding ortho intramolecular Hbond substituents is 1. The molecule has 1 aliphatic heterocycles. The van der Waals surface area contributed by atoms with Crippen molar-refractivity contribution in [3.8, 4) is 5.75 Å². The number of fused-ring (bicyclic) bond motifs is 1. The van der Waals surface area contributed by atoms with Gasteiger partial charge in [0.2, 0.25) is 11.7 Å². The fraction of sp³-hybridized carbons (Fsp3) is 0.250. The molecule has 134 valence electrons. The molecule has 0 unspecified atom stereocenters. The molecule has 0 radical (unpaired) electrons. The maximum absolute atomic E-state index is 12.6. The first kappa shape index (κ1) is 17.7. The van der Waals surface area contributed by atoms with Gasteiger partial charge >= 0.3 is 5.97 Å². The van der Waals surface area contributed by atoms with Crippen LogP contribution >= 0.6 is 0 Å². The van der Waals surface area contributed by atoms with Gasteiger partial charge in [-0.1, -0.05) is 6.07 Å². The predicted octanol–water partition coefficient (Wildman–Crippen LogP) is 2.73. The van der Waals surface area contributed by atoms with E-state index in [-0.39, 0.29) is 23.0 Å². The zero-order chi connectivity index (χ0) is 18.8. The van der Waals surface area contributed by atoms with Gasteiger partial charge in [-0.15, -0.1) is 0 Å². The highest BCUT2D eigenvalue weighted by Gasteiger charge is 2.25. The molecule has 0 fully saturated rings. The Morgan fingerprint density at radius 2 is 1.88 bits per heavy atom. The molecule has 0 aliphatic carbocycles. The third kappa shape index (κ3) is 3.44. The number of ketones is 1. The number of phenols is 1. The van der Waals surface area contributed by atoms with Crippen LogP contribution < -0.4 is 4.90 Å². The number of benzene rings is 2. The third-order valence-electron chi connectivity index (χ3n) is 4.37. The van der Waals surface area contributed by atoms with Crippen LogP contribution in [0, 0.1) is 0 Å². The number of aromatic hydroxyl groups is 1. The Balaban J connectivity index is 1.73. The predicted molar refractivity (Wildman–Crippen MR) is 95.5 cm³/mol. The Labute approximate surface area is 151 Å². The van der Waals surface area contributed by atoms with E-state index < -0.39 is 12.1 Å². The summed E-state index contributed by atoms with van der Waals surface area (Å²) in [6, 6.07) is 10.9. The van der Waals surface area contributed by atoms with E-state index in [1.165, 1.54) is 38.1 Å². The van der Waals surface area contributed by atoms with E-state index in [2.05, 4.69) is 0 Å². The molecule has 1 heterocycles. The van der Waals surface area contributed by atoms with E-state index >= 15 is 0 Å². The number of carbonyl (C=O) groups excluding carboxylic acids is 3. The van der Waals surface area contributed by atoms with Gasteiger partial charge < -0.3 is 14.7 Å². The topological polar surface area (TPSA) is 83.9 Å². The van der Waals surface area contributed by atoms with Crippen molar-refractivity contribution in [2.24, 2.45) is 0 Å². The molecule has 0 bridgehead atoms. The quantitative estimate of drug-likeness (QED) is 0.675. The molecule has 2 aromatic rings. The number of Topliss-reactive ketones (excluding diaryl/α,β-unsaturated/α-hetero) is 1. The minimum atomic E-state index is -0.965. The monoisotopic (exact) mass is 353 g/mol. The number of amides is 1. The lowest BCUT2D eigenvalue weighted by Crippen LogP contribution is -2.26. The lowest BCUT2D eigenvalue weighted by Gasteiger charge is -2.16.